The molecule has 0 amide bonds. The van der Waals surface area contributed by atoms with Gasteiger partial charge in [-0.2, -0.15) is 0 Å². The van der Waals surface area contributed by atoms with Gasteiger partial charge in [-0.3, -0.25) is 4.98 Å². The maximum atomic E-state index is 4.11. The molecule has 0 aliphatic heterocycles. The van der Waals surface area contributed by atoms with Gasteiger partial charge in [0.1, 0.15) is 0 Å². The fourth-order valence-corrected chi connectivity index (χ4v) is 4.61. The van der Waals surface area contributed by atoms with Crippen molar-refractivity contribution in [3.8, 4) is 44.5 Å². The standard InChI is InChI=1S/C34H25N/c1-24-2-4-25(5-3-24)26-6-10-28(11-7-26)32-16-14-30-15-17-33(23-34(30)22-32)29-12-8-27(9-13-29)31-18-20-35-21-19-31/h2-23H,1H3. The lowest BCUT2D eigenvalue weighted by Gasteiger charge is -2.09. The lowest BCUT2D eigenvalue weighted by atomic mass is 9.95. The Hall–Kier alpha value is -4.49. The largest absolute Gasteiger partial charge is 0.265 e. The molecule has 0 saturated carbocycles. The molecule has 0 N–H and O–H groups in total. The van der Waals surface area contributed by atoms with Gasteiger partial charge in [0.25, 0.3) is 0 Å². The second kappa shape index (κ2) is 9.04. The summed E-state index contributed by atoms with van der Waals surface area (Å²) in [5.74, 6) is 0. The molecule has 0 saturated heterocycles. The third-order valence-corrected chi connectivity index (χ3v) is 6.68. The fraction of sp³-hybridized carbons (Fsp3) is 0.0294. The van der Waals surface area contributed by atoms with Gasteiger partial charge in [-0.1, -0.05) is 103 Å². The van der Waals surface area contributed by atoms with Gasteiger partial charge in [-0.25, -0.2) is 0 Å². The maximum Gasteiger partial charge on any atom is 0.0273 e. The Morgan fingerprint density at radius 3 is 1.14 bits per heavy atom. The van der Waals surface area contributed by atoms with Crippen LogP contribution in [0.5, 0.6) is 0 Å². The molecule has 0 aliphatic rings. The van der Waals surface area contributed by atoms with Gasteiger partial charge in [0.2, 0.25) is 0 Å². The molecule has 0 radical (unpaired) electrons. The van der Waals surface area contributed by atoms with Crippen LogP contribution in [-0.4, -0.2) is 4.98 Å². The highest BCUT2D eigenvalue weighted by atomic mass is 14.6. The topological polar surface area (TPSA) is 12.9 Å². The van der Waals surface area contributed by atoms with E-state index in [0.29, 0.717) is 0 Å². The summed E-state index contributed by atoms with van der Waals surface area (Å²) in [5, 5.41) is 2.50. The molecule has 166 valence electrons. The average molecular weight is 448 g/mol. The van der Waals surface area contributed by atoms with E-state index < -0.39 is 0 Å². The molecule has 1 heterocycles. The Bertz CT molecular complexity index is 1600. The number of hydrogen-bond donors (Lipinski definition) is 0. The van der Waals surface area contributed by atoms with E-state index in [4.69, 9.17) is 0 Å². The summed E-state index contributed by atoms with van der Waals surface area (Å²) in [6.07, 6.45) is 3.67. The molecular formula is C34H25N. The molecule has 0 fully saturated rings. The fourth-order valence-electron chi connectivity index (χ4n) is 4.61. The number of aromatic nitrogens is 1. The number of rotatable bonds is 4. The summed E-state index contributed by atoms with van der Waals surface area (Å²) < 4.78 is 0. The van der Waals surface area contributed by atoms with Crippen LogP contribution < -0.4 is 0 Å². The van der Waals surface area contributed by atoms with Gasteiger partial charge in [-0.05, 0) is 86.5 Å². The molecule has 0 spiro atoms. The molecule has 35 heavy (non-hydrogen) atoms. The van der Waals surface area contributed by atoms with Crippen molar-refractivity contribution in [2.24, 2.45) is 0 Å². The quantitative estimate of drug-likeness (QED) is 0.262. The van der Waals surface area contributed by atoms with Crippen molar-refractivity contribution < 1.29 is 0 Å². The molecular weight excluding hydrogens is 422 g/mol. The van der Waals surface area contributed by atoms with Gasteiger partial charge in [-0.15, -0.1) is 0 Å². The molecule has 1 heteroatoms. The normalized spacial score (nSPS) is 11.0. The van der Waals surface area contributed by atoms with Crippen LogP contribution in [0, 0.1) is 6.92 Å². The highest BCUT2D eigenvalue weighted by Gasteiger charge is 2.05. The number of aryl methyl sites for hydroxylation is 1. The molecule has 0 atom stereocenters. The molecule has 0 aliphatic carbocycles. The van der Waals surface area contributed by atoms with E-state index in [9.17, 15) is 0 Å². The minimum Gasteiger partial charge on any atom is -0.265 e. The summed E-state index contributed by atoms with van der Waals surface area (Å²) in [6, 6.07) is 43.9. The van der Waals surface area contributed by atoms with Gasteiger partial charge in [0, 0.05) is 12.4 Å². The lowest BCUT2D eigenvalue weighted by molar-refractivity contribution is 1.33. The number of benzene rings is 5. The van der Waals surface area contributed by atoms with Gasteiger partial charge in [0.05, 0.1) is 0 Å². The Balaban J connectivity index is 1.30. The second-order valence-electron chi connectivity index (χ2n) is 9.03. The number of pyridine rings is 1. The van der Waals surface area contributed by atoms with Crippen molar-refractivity contribution in [3.63, 3.8) is 0 Å². The molecule has 0 unspecified atom stereocenters. The first-order valence-corrected chi connectivity index (χ1v) is 12.0. The van der Waals surface area contributed by atoms with Crippen molar-refractivity contribution >= 4 is 10.8 Å². The van der Waals surface area contributed by atoms with E-state index >= 15 is 0 Å². The van der Waals surface area contributed by atoms with Crippen molar-refractivity contribution in [1.29, 1.82) is 0 Å². The van der Waals surface area contributed by atoms with E-state index in [1.54, 1.807) is 0 Å². The van der Waals surface area contributed by atoms with Gasteiger partial charge < -0.3 is 0 Å². The summed E-state index contributed by atoms with van der Waals surface area (Å²) in [5.41, 5.74) is 11.1. The highest BCUT2D eigenvalue weighted by molar-refractivity contribution is 5.91. The predicted molar refractivity (Wildman–Crippen MR) is 148 cm³/mol. The minimum absolute atomic E-state index is 1.18. The average Bonchev–Trinajstić information content (AvgIpc) is 2.93. The predicted octanol–water partition coefficient (Wildman–Crippen LogP) is 9.21. The molecule has 1 nitrogen and oxygen atoms in total. The van der Waals surface area contributed by atoms with Crippen LogP contribution in [0.3, 0.4) is 0 Å². The molecule has 0 bridgehead atoms. The third kappa shape index (κ3) is 4.37. The lowest BCUT2D eigenvalue weighted by Crippen LogP contribution is -1.84. The SMILES string of the molecule is Cc1ccc(-c2ccc(-c3ccc4ccc(-c5ccc(-c6ccncc6)cc5)cc4c3)cc2)cc1. The second-order valence-corrected chi connectivity index (χ2v) is 9.03. The van der Waals surface area contributed by atoms with E-state index in [0.717, 1.165) is 0 Å². The summed E-state index contributed by atoms with van der Waals surface area (Å²) in [6.45, 7) is 2.12. The molecule has 1 aromatic heterocycles. The molecule has 6 aromatic rings. The Kier molecular flexibility index (Phi) is 5.44. The summed E-state index contributed by atoms with van der Waals surface area (Å²) in [7, 11) is 0. The van der Waals surface area contributed by atoms with Gasteiger partial charge in [0.15, 0.2) is 0 Å². The van der Waals surface area contributed by atoms with Crippen LogP contribution in [0.2, 0.25) is 0 Å². The van der Waals surface area contributed by atoms with Crippen LogP contribution >= 0.6 is 0 Å². The zero-order valence-corrected chi connectivity index (χ0v) is 19.6. The Morgan fingerprint density at radius 1 is 0.343 bits per heavy atom. The van der Waals surface area contributed by atoms with Gasteiger partial charge >= 0.3 is 0 Å². The zero-order chi connectivity index (χ0) is 23.6. The van der Waals surface area contributed by atoms with Crippen molar-refractivity contribution in [3.05, 3.63) is 139 Å². The Labute approximate surface area is 206 Å². The minimum atomic E-state index is 1.18. The number of nitrogens with zero attached hydrogens (tertiary/aromatic N) is 1. The van der Waals surface area contributed by atoms with E-state index in [1.165, 1.54) is 60.8 Å². The third-order valence-electron chi connectivity index (χ3n) is 6.68. The molecule has 5 aromatic carbocycles. The van der Waals surface area contributed by atoms with Crippen LogP contribution in [0.15, 0.2) is 134 Å². The first-order valence-electron chi connectivity index (χ1n) is 12.0. The number of fused-ring (bicyclic) bond motifs is 1. The van der Waals surface area contributed by atoms with Crippen LogP contribution in [0.4, 0.5) is 0 Å². The van der Waals surface area contributed by atoms with E-state index in [1.807, 2.05) is 24.5 Å². The number of hydrogen-bond acceptors (Lipinski definition) is 1. The van der Waals surface area contributed by atoms with Crippen molar-refractivity contribution in [2.75, 3.05) is 0 Å². The Morgan fingerprint density at radius 2 is 0.686 bits per heavy atom. The first-order chi connectivity index (χ1) is 17.2. The smallest absolute Gasteiger partial charge is 0.0273 e. The molecule has 6 rings (SSSR count). The first kappa shape index (κ1) is 21.1. The monoisotopic (exact) mass is 447 g/mol. The highest BCUT2D eigenvalue weighted by Crippen LogP contribution is 2.31. The summed E-state index contributed by atoms with van der Waals surface area (Å²) >= 11 is 0. The van der Waals surface area contributed by atoms with Crippen molar-refractivity contribution in [2.45, 2.75) is 6.92 Å². The van der Waals surface area contributed by atoms with E-state index in [-0.39, 0.29) is 0 Å². The van der Waals surface area contributed by atoms with Crippen LogP contribution in [-0.2, 0) is 0 Å². The summed E-state index contributed by atoms with van der Waals surface area (Å²) in [4.78, 5) is 4.11. The van der Waals surface area contributed by atoms with E-state index in [2.05, 4.69) is 121 Å². The van der Waals surface area contributed by atoms with Crippen LogP contribution in [0.1, 0.15) is 5.56 Å². The maximum absolute atomic E-state index is 4.11. The zero-order valence-electron chi connectivity index (χ0n) is 19.6. The van der Waals surface area contributed by atoms with Crippen molar-refractivity contribution in [1.82, 2.24) is 4.98 Å². The van der Waals surface area contributed by atoms with Crippen LogP contribution in [0.25, 0.3) is 55.3 Å².